The fourth-order valence-electron chi connectivity index (χ4n) is 1.33. The standard InChI is InChI=1S/C9H12ClNS/c10-8(7-1-2-7)3-4-9-11-5-6-12-9/h5-8H,1-4H2. The molecule has 1 unspecified atom stereocenters. The fourth-order valence-corrected chi connectivity index (χ4v) is 2.33. The number of hydrogen-bond donors (Lipinski definition) is 0. The Morgan fingerprint density at radius 2 is 2.50 bits per heavy atom. The molecule has 0 aliphatic heterocycles. The Balaban J connectivity index is 1.74. The second-order valence-electron chi connectivity index (χ2n) is 3.32. The van der Waals surface area contributed by atoms with E-state index in [0.717, 1.165) is 18.8 Å². The number of nitrogens with zero attached hydrogens (tertiary/aromatic N) is 1. The van der Waals surface area contributed by atoms with E-state index in [2.05, 4.69) is 4.98 Å². The van der Waals surface area contributed by atoms with Crippen molar-refractivity contribution in [1.29, 1.82) is 0 Å². The summed E-state index contributed by atoms with van der Waals surface area (Å²) in [5.41, 5.74) is 0. The molecule has 0 saturated heterocycles. The first-order valence-corrected chi connectivity index (χ1v) is 5.70. The van der Waals surface area contributed by atoms with E-state index < -0.39 is 0 Å². The Morgan fingerprint density at radius 3 is 3.08 bits per heavy atom. The highest BCUT2D eigenvalue weighted by Crippen LogP contribution is 2.37. The normalized spacial score (nSPS) is 19.4. The van der Waals surface area contributed by atoms with E-state index in [4.69, 9.17) is 11.6 Å². The lowest BCUT2D eigenvalue weighted by Crippen LogP contribution is -2.02. The predicted molar refractivity (Wildman–Crippen MR) is 52.8 cm³/mol. The molecule has 1 nitrogen and oxygen atoms in total. The van der Waals surface area contributed by atoms with Gasteiger partial charge in [-0.2, -0.15) is 0 Å². The minimum absolute atomic E-state index is 0.397. The predicted octanol–water partition coefficient (Wildman–Crippen LogP) is 3.09. The topological polar surface area (TPSA) is 12.9 Å². The number of hydrogen-bond acceptors (Lipinski definition) is 2. The molecule has 1 aromatic heterocycles. The number of aryl methyl sites for hydroxylation is 1. The van der Waals surface area contributed by atoms with Crippen LogP contribution >= 0.6 is 22.9 Å². The maximum absolute atomic E-state index is 6.17. The summed E-state index contributed by atoms with van der Waals surface area (Å²) >= 11 is 7.90. The number of rotatable bonds is 4. The molecular weight excluding hydrogens is 190 g/mol. The number of alkyl halides is 1. The lowest BCUT2D eigenvalue weighted by molar-refractivity contribution is 0.675. The van der Waals surface area contributed by atoms with Crippen molar-refractivity contribution < 1.29 is 0 Å². The molecule has 0 amide bonds. The van der Waals surface area contributed by atoms with Gasteiger partial charge in [0, 0.05) is 23.4 Å². The van der Waals surface area contributed by atoms with Crippen molar-refractivity contribution in [3.8, 4) is 0 Å². The second-order valence-corrected chi connectivity index (χ2v) is 4.86. The first-order chi connectivity index (χ1) is 5.86. The number of halogens is 1. The van der Waals surface area contributed by atoms with Crippen molar-refractivity contribution in [2.45, 2.75) is 31.1 Å². The van der Waals surface area contributed by atoms with Gasteiger partial charge in [0.15, 0.2) is 0 Å². The average molecular weight is 202 g/mol. The Kier molecular flexibility index (Phi) is 2.66. The molecule has 0 radical (unpaired) electrons. The maximum Gasteiger partial charge on any atom is 0.0925 e. The van der Waals surface area contributed by atoms with Crippen molar-refractivity contribution in [2.24, 2.45) is 5.92 Å². The zero-order chi connectivity index (χ0) is 8.39. The summed E-state index contributed by atoms with van der Waals surface area (Å²) in [5.74, 6) is 0.812. The molecule has 1 aliphatic rings. The van der Waals surface area contributed by atoms with Crippen molar-refractivity contribution in [2.75, 3.05) is 0 Å². The van der Waals surface area contributed by atoms with Crippen LogP contribution in [0, 0.1) is 5.92 Å². The van der Waals surface area contributed by atoms with Crippen molar-refractivity contribution in [3.63, 3.8) is 0 Å². The van der Waals surface area contributed by atoms with Crippen LogP contribution in [0.25, 0.3) is 0 Å². The van der Waals surface area contributed by atoms with Crippen LogP contribution in [-0.2, 0) is 6.42 Å². The molecule has 0 bridgehead atoms. The van der Waals surface area contributed by atoms with Crippen molar-refractivity contribution >= 4 is 22.9 Å². The van der Waals surface area contributed by atoms with Crippen LogP contribution in [0.3, 0.4) is 0 Å². The molecule has 0 spiro atoms. The van der Waals surface area contributed by atoms with Gasteiger partial charge in [0.25, 0.3) is 0 Å². The van der Waals surface area contributed by atoms with Gasteiger partial charge in [-0.05, 0) is 25.2 Å². The van der Waals surface area contributed by atoms with E-state index in [9.17, 15) is 0 Å². The van der Waals surface area contributed by atoms with Crippen molar-refractivity contribution in [1.82, 2.24) is 4.98 Å². The SMILES string of the molecule is ClC(CCc1nccs1)C1CC1. The smallest absolute Gasteiger partial charge is 0.0925 e. The highest BCUT2D eigenvalue weighted by molar-refractivity contribution is 7.09. The average Bonchev–Trinajstić information content (AvgIpc) is 2.80. The third kappa shape index (κ3) is 2.20. The molecule has 1 saturated carbocycles. The van der Waals surface area contributed by atoms with E-state index in [1.165, 1.54) is 17.8 Å². The largest absolute Gasteiger partial charge is 0.250 e. The Labute approximate surface area is 81.8 Å². The van der Waals surface area contributed by atoms with Crippen molar-refractivity contribution in [3.05, 3.63) is 16.6 Å². The summed E-state index contributed by atoms with van der Waals surface area (Å²) in [7, 11) is 0. The maximum atomic E-state index is 6.17. The lowest BCUT2D eigenvalue weighted by atomic mass is 10.2. The van der Waals surface area contributed by atoms with Gasteiger partial charge in [-0.25, -0.2) is 4.98 Å². The first kappa shape index (κ1) is 8.52. The van der Waals surface area contributed by atoms with Gasteiger partial charge in [-0.15, -0.1) is 22.9 Å². The van der Waals surface area contributed by atoms with Crippen LogP contribution in [-0.4, -0.2) is 10.4 Å². The van der Waals surface area contributed by atoms with E-state index >= 15 is 0 Å². The zero-order valence-electron chi connectivity index (χ0n) is 6.87. The molecule has 66 valence electrons. The molecule has 1 aliphatic carbocycles. The molecule has 12 heavy (non-hydrogen) atoms. The van der Waals surface area contributed by atoms with Crippen LogP contribution in [0.15, 0.2) is 11.6 Å². The van der Waals surface area contributed by atoms with Crippen LogP contribution in [0.4, 0.5) is 0 Å². The minimum Gasteiger partial charge on any atom is -0.250 e. The molecule has 0 N–H and O–H groups in total. The molecule has 3 heteroatoms. The van der Waals surface area contributed by atoms with Gasteiger partial charge in [-0.1, -0.05) is 0 Å². The first-order valence-electron chi connectivity index (χ1n) is 4.38. The molecule has 1 atom stereocenters. The van der Waals surface area contributed by atoms with Gasteiger partial charge in [0.05, 0.1) is 5.01 Å². The second kappa shape index (κ2) is 3.75. The molecule has 1 fully saturated rings. The van der Waals surface area contributed by atoms with Gasteiger partial charge in [0.2, 0.25) is 0 Å². The number of thiazole rings is 1. The summed E-state index contributed by atoms with van der Waals surface area (Å²) < 4.78 is 0. The Hall–Kier alpha value is -0.0800. The van der Waals surface area contributed by atoms with E-state index in [1.807, 2.05) is 11.6 Å². The minimum atomic E-state index is 0.397. The highest BCUT2D eigenvalue weighted by Gasteiger charge is 2.29. The monoisotopic (exact) mass is 201 g/mol. The Bertz CT molecular complexity index is 231. The summed E-state index contributed by atoms with van der Waals surface area (Å²) in [6.07, 6.45) is 6.69. The van der Waals surface area contributed by atoms with E-state index in [-0.39, 0.29) is 0 Å². The molecule has 0 aromatic carbocycles. The van der Waals surface area contributed by atoms with Gasteiger partial charge < -0.3 is 0 Å². The summed E-state index contributed by atoms with van der Waals surface area (Å²) in [6, 6.07) is 0. The highest BCUT2D eigenvalue weighted by atomic mass is 35.5. The molecular formula is C9H12ClNS. The van der Waals surface area contributed by atoms with E-state index in [0.29, 0.717) is 5.38 Å². The summed E-state index contributed by atoms with van der Waals surface area (Å²) in [4.78, 5) is 4.23. The van der Waals surface area contributed by atoms with Crippen LogP contribution in [0.2, 0.25) is 0 Å². The molecule has 1 aromatic rings. The van der Waals surface area contributed by atoms with Crippen LogP contribution < -0.4 is 0 Å². The summed E-state index contributed by atoms with van der Waals surface area (Å²) in [6.45, 7) is 0. The van der Waals surface area contributed by atoms with Gasteiger partial charge >= 0.3 is 0 Å². The fraction of sp³-hybridized carbons (Fsp3) is 0.667. The zero-order valence-corrected chi connectivity index (χ0v) is 8.44. The number of aromatic nitrogens is 1. The lowest BCUT2D eigenvalue weighted by Gasteiger charge is -2.04. The summed E-state index contributed by atoms with van der Waals surface area (Å²) in [5, 5.41) is 3.64. The van der Waals surface area contributed by atoms with Crippen LogP contribution in [0.1, 0.15) is 24.3 Å². The third-order valence-corrected chi connectivity index (χ3v) is 3.66. The molecule has 1 heterocycles. The van der Waals surface area contributed by atoms with Crippen LogP contribution in [0.5, 0.6) is 0 Å². The van der Waals surface area contributed by atoms with Gasteiger partial charge in [-0.3, -0.25) is 0 Å². The van der Waals surface area contributed by atoms with Gasteiger partial charge in [0.1, 0.15) is 0 Å². The Morgan fingerprint density at radius 1 is 1.67 bits per heavy atom. The quantitative estimate of drug-likeness (QED) is 0.683. The third-order valence-electron chi connectivity index (χ3n) is 2.25. The van der Waals surface area contributed by atoms with E-state index in [1.54, 1.807) is 11.3 Å². The molecule has 2 rings (SSSR count).